The average Bonchev–Trinajstić information content (AvgIpc) is 3.29. The second-order valence-corrected chi connectivity index (χ2v) is 11.3. The fourth-order valence-electron chi connectivity index (χ4n) is 4.17. The Kier molecular flexibility index (Phi) is 6.35. The maximum atomic E-state index is 13.7. The summed E-state index contributed by atoms with van der Waals surface area (Å²) in [7, 11) is -0.513. The number of fused-ring (bicyclic) bond motifs is 1. The fraction of sp³-hybridized carbons (Fsp3) is 0.103. The number of hydrogen-bond acceptors (Lipinski definition) is 4. The zero-order valence-corrected chi connectivity index (χ0v) is 22.1. The van der Waals surface area contributed by atoms with Gasteiger partial charge in [0, 0.05) is 53.6 Å². The molecule has 5 rings (SSSR count). The van der Waals surface area contributed by atoms with Gasteiger partial charge in [0.05, 0.1) is 4.90 Å². The van der Waals surface area contributed by atoms with Crippen LogP contribution in [0, 0.1) is 6.92 Å². The first-order valence-electron chi connectivity index (χ1n) is 11.6. The van der Waals surface area contributed by atoms with Crippen molar-refractivity contribution in [1.82, 2.24) is 13.9 Å². The summed E-state index contributed by atoms with van der Waals surface area (Å²) in [4.78, 5) is 18.7. The van der Waals surface area contributed by atoms with E-state index in [0.29, 0.717) is 27.2 Å². The van der Waals surface area contributed by atoms with Crippen molar-refractivity contribution in [3.05, 3.63) is 107 Å². The van der Waals surface area contributed by atoms with Crippen LogP contribution in [-0.4, -0.2) is 42.3 Å². The number of aromatic nitrogens is 2. The number of halogens is 1. The van der Waals surface area contributed by atoms with E-state index in [1.165, 1.54) is 8.87 Å². The van der Waals surface area contributed by atoms with Crippen molar-refractivity contribution in [2.75, 3.05) is 14.1 Å². The Hall–Kier alpha value is -3.94. The van der Waals surface area contributed by atoms with E-state index >= 15 is 0 Å². The van der Waals surface area contributed by atoms with E-state index in [2.05, 4.69) is 4.98 Å². The van der Waals surface area contributed by atoms with Gasteiger partial charge in [0.2, 0.25) is 0 Å². The molecule has 0 fully saturated rings. The Balaban J connectivity index is 1.71. The Morgan fingerprint density at radius 2 is 1.49 bits per heavy atom. The molecule has 0 spiro atoms. The molecule has 0 N–H and O–H groups in total. The number of amides is 1. The van der Waals surface area contributed by atoms with Crippen LogP contribution in [0.1, 0.15) is 15.9 Å². The number of benzene rings is 3. The zero-order valence-electron chi connectivity index (χ0n) is 20.5. The summed E-state index contributed by atoms with van der Waals surface area (Å²) in [5, 5.41) is 1.30. The Morgan fingerprint density at radius 3 is 2.11 bits per heavy atom. The molecule has 0 saturated heterocycles. The van der Waals surface area contributed by atoms with Crippen LogP contribution in [0.4, 0.5) is 0 Å². The van der Waals surface area contributed by atoms with Gasteiger partial charge >= 0.3 is 0 Å². The number of pyridine rings is 1. The predicted octanol–water partition coefficient (Wildman–Crippen LogP) is 6.27. The summed E-state index contributed by atoms with van der Waals surface area (Å²) in [5.74, 6) is -0.109. The minimum absolute atomic E-state index is 0.109. The Morgan fingerprint density at radius 1 is 0.865 bits per heavy atom. The first-order valence-corrected chi connectivity index (χ1v) is 13.4. The monoisotopic (exact) mass is 529 g/mol. The third-order valence-electron chi connectivity index (χ3n) is 6.22. The SMILES string of the molecule is Cc1ccc(S(=O)(=O)n2cc(-c3ccc(C(=O)N(C)C)cc3)c3cc(-c4ccc(Cl)cc4)cnc32)cc1. The molecule has 2 heterocycles. The highest BCUT2D eigenvalue weighted by Gasteiger charge is 2.23. The van der Waals surface area contributed by atoms with Crippen molar-refractivity contribution in [2.45, 2.75) is 11.8 Å². The van der Waals surface area contributed by atoms with Gasteiger partial charge in [-0.25, -0.2) is 17.4 Å². The van der Waals surface area contributed by atoms with Crippen molar-refractivity contribution >= 4 is 38.6 Å². The molecule has 0 aliphatic rings. The summed E-state index contributed by atoms with van der Waals surface area (Å²) in [6.45, 7) is 1.91. The molecule has 0 atom stereocenters. The lowest BCUT2D eigenvalue weighted by Crippen LogP contribution is -2.21. The highest BCUT2D eigenvalue weighted by molar-refractivity contribution is 7.90. The summed E-state index contributed by atoms with van der Waals surface area (Å²) in [5.41, 5.74) is 5.04. The topological polar surface area (TPSA) is 72.3 Å². The van der Waals surface area contributed by atoms with Crippen LogP contribution in [0.3, 0.4) is 0 Å². The van der Waals surface area contributed by atoms with E-state index in [1.54, 1.807) is 75.0 Å². The molecule has 0 saturated carbocycles. The van der Waals surface area contributed by atoms with E-state index in [1.807, 2.05) is 37.3 Å². The molecule has 0 bridgehead atoms. The van der Waals surface area contributed by atoms with Gasteiger partial charge in [-0.2, -0.15) is 0 Å². The second kappa shape index (κ2) is 9.50. The van der Waals surface area contributed by atoms with Gasteiger partial charge in [-0.05, 0) is 60.5 Å². The van der Waals surface area contributed by atoms with Crippen LogP contribution in [0.2, 0.25) is 5.02 Å². The maximum absolute atomic E-state index is 13.7. The van der Waals surface area contributed by atoms with Crippen molar-refractivity contribution < 1.29 is 13.2 Å². The summed E-state index contributed by atoms with van der Waals surface area (Å²) in [6.07, 6.45) is 3.26. The molecule has 6 nitrogen and oxygen atoms in total. The van der Waals surface area contributed by atoms with Gasteiger partial charge < -0.3 is 4.90 Å². The summed E-state index contributed by atoms with van der Waals surface area (Å²) in [6, 6.07) is 23.2. The molecular weight excluding hydrogens is 506 g/mol. The molecule has 8 heteroatoms. The lowest BCUT2D eigenvalue weighted by atomic mass is 10.0. The lowest BCUT2D eigenvalue weighted by Gasteiger charge is -2.10. The standard InChI is InChI=1S/C29H24ClN3O3S/c1-19-4-14-25(15-5-19)37(35,36)33-18-27(21-6-8-22(9-7-21)29(34)32(2)3)26-16-23(17-31-28(26)33)20-10-12-24(30)13-11-20/h4-18H,1-3H3. The minimum Gasteiger partial charge on any atom is -0.345 e. The van der Waals surface area contributed by atoms with Gasteiger partial charge in [-0.15, -0.1) is 0 Å². The molecule has 0 radical (unpaired) electrons. The second-order valence-electron chi connectivity index (χ2n) is 9.04. The van der Waals surface area contributed by atoms with Crippen molar-refractivity contribution in [3.63, 3.8) is 0 Å². The van der Waals surface area contributed by atoms with E-state index in [0.717, 1.165) is 22.3 Å². The first-order chi connectivity index (χ1) is 17.6. The van der Waals surface area contributed by atoms with Crippen LogP contribution >= 0.6 is 11.6 Å². The number of aryl methyl sites for hydroxylation is 1. The molecular formula is C29H24ClN3O3S. The molecule has 3 aromatic carbocycles. The maximum Gasteiger partial charge on any atom is 0.269 e. The van der Waals surface area contributed by atoms with Crippen molar-refractivity contribution in [3.8, 4) is 22.3 Å². The van der Waals surface area contributed by atoms with Crippen molar-refractivity contribution in [2.24, 2.45) is 0 Å². The van der Waals surface area contributed by atoms with Gasteiger partial charge in [0.25, 0.3) is 15.9 Å². The number of carbonyl (C=O) groups is 1. The smallest absolute Gasteiger partial charge is 0.269 e. The van der Waals surface area contributed by atoms with Gasteiger partial charge in [-0.3, -0.25) is 4.79 Å². The van der Waals surface area contributed by atoms with Gasteiger partial charge in [0.1, 0.15) is 0 Å². The molecule has 0 aliphatic heterocycles. The number of hydrogen-bond donors (Lipinski definition) is 0. The number of carbonyl (C=O) groups excluding carboxylic acids is 1. The quantitative estimate of drug-likeness (QED) is 0.269. The van der Waals surface area contributed by atoms with Crippen LogP contribution in [0.25, 0.3) is 33.3 Å². The van der Waals surface area contributed by atoms with E-state index < -0.39 is 10.0 Å². The molecule has 0 unspecified atom stereocenters. The molecule has 2 aromatic heterocycles. The van der Waals surface area contributed by atoms with Crippen LogP contribution in [0.5, 0.6) is 0 Å². The number of nitrogens with zero attached hydrogens (tertiary/aromatic N) is 3. The zero-order chi connectivity index (χ0) is 26.3. The molecule has 37 heavy (non-hydrogen) atoms. The highest BCUT2D eigenvalue weighted by atomic mass is 35.5. The summed E-state index contributed by atoms with van der Waals surface area (Å²) < 4.78 is 28.6. The fourth-order valence-corrected chi connectivity index (χ4v) is 5.62. The van der Waals surface area contributed by atoms with Crippen LogP contribution < -0.4 is 0 Å². The lowest BCUT2D eigenvalue weighted by molar-refractivity contribution is 0.0827. The molecule has 186 valence electrons. The average molecular weight is 530 g/mol. The molecule has 5 aromatic rings. The Labute approximate surface area is 220 Å². The molecule has 0 aliphatic carbocycles. The van der Waals surface area contributed by atoms with Gasteiger partial charge in [0.15, 0.2) is 5.65 Å². The van der Waals surface area contributed by atoms with E-state index in [-0.39, 0.29) is 10.8 Å². The van der Waals surface area contributed by atoms with Crippen LogP contribution in [-0.2, 0) is 10.0 Å². The minimum atomic E-state index is -3.91. The summed E-state index contributed by atoms with van der Waals surface area (Å²) >= 11 is 6.06. The van der Waals surface area contributed by atoms with E-state index in [4.69, 9.17) is 11.6 Å². The van der Waals surface area contributed by atoms with Crippen molar-refractivity contribution in [1.29, 1.82) is 0 Å². The predicted molar refractivity (Wildman–Crippen MR) is 147 cm³/mol. The normalized spacial score (nSPS) is 11.6. The molecule has 1 amide bonds. The van der Waals surface area contributed by atoms with Gasteiger partial charge in [-0.1, -0.05) is 53.6 Å². The van der Waals surface area contributed by atoms with E-state index in [9.17, 15) is 13.2 Å². The third-order valence-corrected chi connectivity index (χ3v) is 8.13. The number of rotatable bonds is 5. The largest absolute Gasteiger partial charge is 0.345 e. The van der Waals surface area contributed by atoms with Crippen LogP contribution in [0.15, 0.2) is 96.2 Å². The highest BCUT2D eigenvalue weighted by Crippen LogP contribution is 2.35. The first kappa shape index (κ1) is 24.7. The Bertz CT molecular complexity index is 1720. The third kappa shape index (κ3) is 4.63.